The highest BCUT2D eigenvalue weighted by atomic mass is 32.2. The van der Waals surface area contributed by atoms with Crippen molar-refractivity contribution in [3.63, 3.8) is 0 Å². The van der Waals surface area contributed by atoms with Crippen LogP contribution in [-0.2, 0) is 21.2 Å². The zero-order valence-electron chi connectivity index (χ0n) is 19.3. The van der Waals surface area contributed by atoms with Crippen molar-refractivity contribution in [2.75, 3.05) is 10.0 Å². The molecule has 4 aromatic rings. The maximum atomic E-state index is 12.4. The lowest BCUT2D eigenvalue weighted by Crippen LogP contribution is -2.15. The molecule has 180 valence electrons. The number of carbonyl (C=O) groups is 1. The number of benzene rings is 2. The van der Waals surface area contributed by atoms with E-state index in [0.29, 0.717) is 29.7 Å². The van der Waals surface area contributed by atoms with Crippen molar-refractivity contribution < 1.29 is 17.6 Å². The van der Waals surface area contributed by atoms with Crippen LogP contribution in [0.15, 0.2) is 82.5 Å². The van der Waals surface area contributed by atoms with Gasteiger partial charge in [0.2, 0.25) is 11.9 Å². The van der Waals surface area contributed by atoms with Gasteiger partial charge in [-0.2, -0.15) is 0 Å². The van der Waals surface area contributed by atoms with Gasteiger partial charge in [0.1, 0.15) is 0 Å². The zero-order valence-corrected chi connectivity index (χ0v) is 20.1. The van der Waals surface area contributed by atoms with E-state index < -0.39 is 10.0 Å². The molecule has 0 aliphatic rings. The van der Waals surface area contributed by atoms with Gasteiger partial charge in [-0.05, 0) is 41.8 Å². The number of hydrogen-bond donors (Lipinski definition) is 2. The van der Waals surface area contributed by atoms with E-state index in [0.717, 1.165) is 5.56 Å². The summed E-state index contributed by atoms with van der Waals surface area (Å²) in [5.74, 6) is 1.32. The number of nitrogens with one attached hydrogen (secondary N) is 2. The molecule has 2 heterocycles. The predicted molar refractivity (Wildman–Crippen MR) is 132 cm³/mol. The fourth-order valence-corrected chi connectivity index (χ4v) is 4.24. The number of nitrogens with zero attached hydrogens (tertiary/aromatic N) is 3. The van der Waals surface area contributed by atoms with Crippen LogP contribution in [0.1, 0.15) is 37.6 Å². The van der Waals surface area contributed by atoms with E-state index in [1.54, 1.807) is 12.3 Å². The summed E-state index contributed by atoms with van der Waals surface area (Å²) in [7, 11) is -3.84. The molecule has 0 fully saturated rings. The molecule has 2 aromatic heterocycles. The van der Waals surface area contributed by atoms with Crippen LogP contribution < -0.4 is 10.0 Å². The summed E-state index contributed by atoms with van der Waals surface area (Å²) in [6.45, 7) is 4.28. The van der Waals surface area contributed by atoms with Gasteiger partial charge >= 0.3 is 0 Å². The Balaban J connectivity index is 1.30. The monoisotopic (exact) mass is 491 g/mol. The van der Waals surface area contributed by atoms with E-state index in [4.69, 9.17) is 4.42 Å². The Kier molecular flexibility index (Phi) is 7.21. The highest BCUT2D eigenvalue weighted by Crippen LogP contribution is 2.24. The molecule has 0 spiro atoms. The van der Waals surface area contributed by atoms with Crippen LogP contribution in [0, 0.1) is 0 Å². The number of oxazole rings is 1. The van der Waals surface area contributed by atoms with Gasteiger partial charge < -0.3 is 9.73 Å². The number of hydrogen-bond acceptors (Lipinski definition) is 7. The number of aryl methyl sites for hydroxylation is 1. The molecule has 2 aromatic carbocycles. The summed E-state index contributed by atoms with van der Waals surface area (Å²) in [5, 5.41) is 2.75. The maximum absolute atomic E-state index is 12.4. The summed E-state index contributed by atoms with van der Waals surface area (Å²) in [4.78, 5) is 24.4. The van der Waals surface area contributed by atoms with Crippen molar-refractivity contribution in [1.29, 1.82) is 0 Å². The Labute approximate surface area is 203 Å². The number of carbonyl (C=O) groups excluding carboxylic acids is 1. The zero-order chi connectivity index (χ0) is 24.8. The van der Waals surface area contributed by atoms with Crippen molar-refractivity contribution in [3.8, 4) is 11.3 Å². The Bertz CT molecular complexity index is 1380. The van der Waals surface area contributed by atoms with Crippen LogP contribution in [0.2, 0.25) is 0 Å². The van der Waals surface area contributed by atoms with Gasteiger partial charge in [0, 0.05) is 36.5 Å². The van der Waals surface area contributed by atoms with Gasteiger partial charge in [0.25, 0.3) is 10.0 Å². The van der Waals surface area contributed by atoms with Gasteiger partial charge in [-0.1, -0.05) is 38.1 Å². The third-order valence-electron chi connectivity index (χ3n) is 5.22. The molecule has 1 amide bonds. The molecule has 0 unspecified atom stereocenters. The fourth-order valence-electron chi connectivity index (χ4n) is 3.28. The average molecular weight is 492 g/mol. The van der Waals surface area contributed by atoms with Gasteiger partial charge in [0.15, 0.2) is 11.7 Å². The van der Waals surface area contributed by atoms with Crippen molar-refractivity contribution in [2.24, 2.45) is 0 Å². The number of amides is 1. The normalized spacial score (nSPS) is 11.4. The van der Waals surface area contributed by atoms with Crippen LogP contribution in [0.25, 0.3) is 11.3 Å². The quantitative estimate of drug-likeness (QED) is 0.349. The summed E-state index contributed by atoms with van der Waals surface area (Å²) in [6.07, 6.45) is 5.03. The number of aromatic nitrogens is 3. The minimum Gasteiger partial charge on any atom is -0.441 e. The van der Waals surface area contributed by atoms with Crippen LogP contribution in [0.3, 0.4) is 0 Å². The maximum Gasteiger partial charge on any atom is 0.264 e. The largest absolute Gasteiger partial charge is 0.441 e. The van der Waals surface area contributed by atoms with Crippen LogP contribution in [0.5, 0.6) is 0 Å². The molecule has 9 nitrogen and oxygen atoms in total. The van der Waals surface area contributed by atoms with Crippen LogP contribution >= 0.6 is 0 Å². The second kappa shape index (κ2) is 10.5. The van der Waals surface area contributed by atoms with Crippen molar-refractivity contribution in [1.82, 2.24) is 15.0 Å². The molecule has 2 N–H and O–H groups in total. The third kappa shape index (κ3) is 6.30. The van der Waals surface area contributed by atoms with E-state index in [-0.39, 0.29) is 23.2 Å². The second-order valence-electron chi connectivity index (χ2n) is 8.15. The Morgan fingerprint density at radius 2 is 1.66 bits per heavy atom. The Hall–Kier alpha value is -4.05. The second-order valence-corrected chi connectivity index (χ2v) is 9.83. The lowest BCUT2D eigenvalue weighted by atomic mass is 10.0. The lowest BCUT2D eigenvalue weighted by Gasteiger charge is -2.08. The highest BCUT2D eigenvalue weighted by molar-refractivity contribution is 7.92. The van der Waals surface area contributed by atoms with E-state index in [1.807, 2.05) is 12.1 Å². The summed E-state index contributed by atoms with van der Waals surface area (Å²) in [5.41, 5.74) is 2.65. The van der Waals surface area contributed by atoms with Crippen LogP contribution in [0.4, 0.5) is 11.6 Å². The van der Waals surface area contributed by atoms with Crippen molar-refractivity contribution in [2.45, 2.75) is 37.5 Å². The van der Waals surface area contributed by atoms with Crippen molar-refractivity contribution in [3.05, 3.63) is 84.6 Å². The smallest absolute Gasteiger partial charge is 0.264 e. The molecule has 0 aliphatic heterocycles. The van der Waals surface area contributed by atoms with Gasteiger partial charge in [0.05, 0.1) is 11.1 Å². The van der Waals surface area contributed by atoms with E-state index >= 15 is 0 Å². The Morgan fingerprint density at radius 1 is 0.971 bits per heavy atom. The van der Waals surface area contributed by atoms with Crippen molar-refractivity contribution >= 4 is 27.6 Å². The predicted octanol–water partition coefficient (Wildman–Crippen LogP) is 4.63. The molecule has 0 aliphatic carbocycles. The van der Waals surface area contributed by atoms with Crippen LogP contribution in [-0.4, -0.2) is 29.3 Å². The first-order valence-corrected chi connectivity index (χ1v) is 12.5. The number of sulfonamides is 1. The minimum atomic E-state index is -3.84. The topological polar surface area (TPSA) is 127 Å². The summed E-state index contributed by atoms with van der Waals surface area (Å²) in [6, 6.07) is 15.5. The summed E-state index contributed by atoms with van der Waals surface area (Å²) < 4.78 is 33.0. The molecule has 35 heavy (non-hydrogen) atoms. The fraction of sp³-hybridized carbons (Fsp3) is 0.200. The molecule has 0 radical (unpaired) electrons. The molecule has 0 atom stereocenters. The van der Waals surface area contributed by atoms with Gasteiger partial charge in [-0.25, -0.2) is 28.1 Å². The molecule has 0 saturated carbocycles. The van der Waals surface area contributed by atoms with E-state index in [9.17, 15) is 13.2 Å². The molecular weight excluding hydrogens is 466 g/mol. The third-order valence-corrected chi connectivity index (χ3v) is 6.57. The van der Waals surface area contributed by atoms with Gasteiger partial charge in [-0.3, -0.25) is 4.79 Å². The minimum absolute atomic E-state index is 0.0212. The molecule has 0 bridgehead atoms. The molecule has 0 saturated heterocycles. The summed E-state index contributed by atoms with van der Waals surface area (Å²) >= 11 is 0. The first-order valence-electron chi connectivity index (χ1n) is 11.0. The standard InChI is InChI=1S/C25H25N5O4S/c1-17(2)18-4-6-19(7-5-18)22-16-28-24(34-22)13-12-23(31)29-20-8-10-21(11-9-20)35(32,33)30-25-26-14-3-15-27-25/h3-11,14-17H,12-13H2,1-2H3,(H,29,31)(H,26,27,30). The van der Waals surface area contributed by atoms with E-state index in [1.165, 1.54) is 42.2 Å². The lowest BCUT2D eigenvalue weighted by molar-refractivity contribution is -0.116. The number of rotatable bonds is 9. The average Bonchev–Trinajstić information content (AvgIpc) is 3.33. The Morgan fingerprint density at radius 3 is 2.31 bits per heavy atom. The SMILES string of the molecule is CC(C)c1ccc(-c2cnc(CCC(=O)Nc3ccc(S(=O)(=O)Nc4ncccn4)cc3)o2)cc1. The highest BCUT2D eigenvalue weighted by Gasteiger charge is 2.16. The van der Waals surface area contributed by atoms with E-state index in [2.05, 4.69) is 51.0 Å². The number of anilines is 2. The molecule has 10 heteroatoms. The molecular formula is C25H25N5O4S. The molecule has 4 rings (SSSR count). The first kappa shape index (κ1) is 24.1. The first-order chi connectivity index (χ1) is 16.8. The van der Waals surface area contributed by atoms with Gasteiger partial charge in [-0.15, -0.1) is 0 Å².